The Balaban J connectivity index is 2.98. The molecule has 0 saturated carbocycles. The van der Waals surface area contributed by atoms with Crippen LogP contribution in [0.5, 0.6) is 0 Å². The predicted molar refractivity (Wildman–Crippen MR) is 73.8 cm³/mol. The smallest absolute Gasteiger partial charge is 0.285 e. The van der Waals surface area contributed by atoms with Crippen molar-refractivity contribution in [3.8, 4) is 0 Å². The molecule has 0 saturated heterocycles. The molecule has 0 fully saturated rings. The van der Waals surface area contributed by atoms with Gasteiger partial charge < -0.3 is 11.1 Å². The van der Waals surface area contributed by atoms with E-state index in [9.17, 15) is 19.3 Å². The third-order valence-electron chi connectivity index (χ3n) is 3.28. The maximum atomic E-state index is 13.2. The molecule has 7 heteroatoms. The summed E-state index contributed by atoms with van der Waals surface area (Å²) in [6.07, 6.45) is 0. The summed E-state index contributed by atoms with van der Waals surface area (Å²) in [5.41, 5.74) is 4.24. The minimum absolute atomic E-state index is 0.218. The van der Waals surface area contributed by atoms with Gasteiger partial charge in [0.2, 0.25) is 0 Å². The topological polar surface area (TPSA) is 98.3 Å². The third-order valence-corrected chi connectivity index (χ3v) is 3.28. The number of nitrogen functional groups attached to an aromatic ring is 1. The molecule has 1 aromatic carbocycles. The number of anilines is 1. The van der Waals surface area contributed by atoms with E-state index in [0.29, 0.717) is 18.5 Å². The minimum Gasteiger partial charge on any atom is -0.396 e. The van der Waals surface area contributed by atoms with E-state index in [4.69, 9.17) is 5.73 Å². The van der Waals surface area contributed by atoms with Gasteiger partial charge in [0.1, 0.15) is 5.56 Å². The zero-order chi connectivity index (χ0) is 15.4. The zero-order valence-electron chi connectivity index (χ0n) is 11.6. The quantitative estimate of drug-likeness (QED) is 0.492. The molecular formula is C13H18FN3O3. The van der Waals surface area contributed by atoms with Gasteiger partial charge in [-0.05, 0) is 17.9 Å². The van der Waals surface area contributed by atoms with Crippen LogP contribution in [0.2, 0.25) is 0 Å². The SMILES string of the molecule is CC(C)C(C)CNC(=O)c1cc(N)c(F)cc1[N+](=O)[O-]. The van der Waals surface area contributed by atoms with E-state index in [1.165, 1.54) is 0 Å². The van der Waals surface area contributed by atoms with Crippen molar-refractivity contribution in [1.29, 1.82) is 0 Å². The van der Waals surface area contributed by atoms with Crippen LogP contribution >= 0.6 is 0 Å². The van der Waals surface area contributed by atoms with E-state index in [0.717, 1.165) is 6.07 Å². The molecule has 0 aromatic heterocycles. The summed E-state index contributed by atoms with van der Waals surface area (Å²) in [4.78, 5) is 22.0. The van der Waals surface area contributed by atoms with Crippen LogP contribution in [0.15, 0.2) is 12.1 Å². The lowest BCUT2D eigenvalue weighted by atomic mass is 9.98. The number of nitro benzene ring substituents is 1. The van der Waals surface area contributed by atoms with Gasteiger partial charge in [-0.1, -0.05) is 20.8 Å². The van der Waals surface area contributed by atoms with Crippen LogP contribution in [0.1, 0.15) is 31.1 Å². The van der Waals surface area contributed by atoms with Gasteiger partial charge in [-0.15, -0.1) is 0 Å². The van der Waals surface area contributed by atoms with Crippen molar-refractivity contribution in [3.63, 3.8) is 0 Å². The number of hydrogen-bond acceptors (Lipinski definition) is 4. The molecule has 1 unspecified atom stereocenters. The van der Waals surface area contributed by atoms with E-state index < -0.39 is 22.3 Å². The number of nitrogens with two attached hydrogens (primary N) is 1. The van der Waals surface area contributed by atoms with Crippen LogP contribution in [0, 0.1) is 27.8 Å². The summed E-state index contributed by atoms with van der Waals surface area (Å²) in [6, 6.07) is 1.65. The normalized spacial score (nSPS) is 12.2. The Kier molecular flexibility index (Phi) is 5.01. The second-order valence-electron chi connectivity index (χ2n) is 5.08. The molecule has 1 rings (SSSR count). The molecule has 20 heavy (non-hydrogen) atoms. The molecule has 3 N–H and O–H groups in total. The number of nitrogens with one attached hydrogen (secondary N) is 1. The maximum Gasteiger partial charge on any atom is 0.285 e. The molecule has 6 nitrogen and oxygen atoms in total. The van der Waals surface area contributed by atoms with Crippen molar-refractivity contribution < 1.29 is 14.1 Å². The number of benzene rings is 1. The lowest BCUT2D eigenvalue weighted by molar-refractivity contribution is -0.385. The van der Waals surface area contributed by atoms with Gasteiger partial charge in [-0.3, -0.25) is 14.9 Å². The summed E-state index contributed by atoms with van der Waals surface area (Å²) < 4.78 is 13.2. The molecule has 0 bridgehead atoms. The molecule has 110 valence electrons. The number of rotatable bonds is 5. The summed E-state index contributed by atoms with van der Waals surface area (Å²) in [7, 11) is 0. The Labute approximate surface area is 116 Å². The van der Waals surface area contributed by atoms with E-state index >= 15 is 0 Å². The van der Waals surface area contributed by atoms with Gasteiger partial charge in [-0.2, -0.15) is 0 Å². The highest BCUT2D eigenvalue weighted by Gasteiger charge is 2.23. The fourth-order valence-corrected chi connectivity index (χ4v) is 1.50. The van der Waals surface area contributed by atoms with E-state index in [2.05, 4.69) is 5.32 Å². The largest absolute Gasteiger partial charge is 0.396 e. The van der Waals surface area contributed by atoms with Gasteiger partial charge >= 0.3 is 0 Å². The fourth-order valence-electron chi connectivity index (χ4n) is 1.50. The van der Waals surface area contributed by atoms with E-state index in [1.807, 2.05) is 20.8 Å². The Hall–Kier alpha value is -2.18. The van der Waals surface area contributed by atoms with Crippen LogP contribution in [0.25, 0.3) is 0 Å². The molecule has 0 aliphatic carbocycles. The van der Waals surface area contributed by atoms with Crippen molar-refractivity contribution in [3.05, 3.63) is 33.6 Å². The lowest BCUT2D eigenvalue weighted by Crippen LogP contribution is -2.30. The first-order valence-corrected chi connectivity index (χ1v) is 6.25. The molecule has 0 spiro atoms. The molecule has 1 aromatic rings. The molecule has 0 aliphatic heterocycles. The Morgan fingerprint density at radius 2 is 2.05 bits per heavy atom. The van der Waals surface area contributed by atoms with Crippen LogP contribution in [0.3, 0.4) is 0 Å². The van der Waals surface area contributed by atoms with Crippen molar-refractivity contribution in [2.75, 3.05) is 12.3 Å². The first kappa shape index (κ1) is 15.9. The van der Waals surface area contributed by atoms with Gasteiger partial charge in [0.05, 0.1) is 16.7 Å². The number of amides is 1. The van der Waals surface area contributed by atoms with Crippen molar-refractivity contribution in [2.24, 2.45) is 11.8 Å². The molecular weight excluding hydrogens is 265 g/mol. The average molecular weight is 283 g/mol. The average Bonchev–Trinajstić information content (AvgIpc) is 2.37. The fraction of sp³-hybridized carbons (Fsp3) is 0.462. The van der Waals surface area contributed by atoms with Gasteiger partial charge in [-0.25, -0.2) is 4.39 Å². The number of hydrogen-bond donors (Lipinski definition) is 2. The second kappa shape index (κ2) is 6.31. The molecule has 0 radical (unpaired) electrons. The molecule has 0 heterocycles. The van der Waals surface area contributed by atoms with Crippen molar-refractivity contribution in [1.82, 2.24) is 5.32 Å². The highest BCUT2D eigenvalue weighted by atomic mass is 19.1. The first-order chi connectivity index (χ1) is 9.23. The van der Waals surface area contributed by atoms with Crippen molar-refractivity contribution >= 4 is 17.3 Å². The monoisotopic (exact) mass is 283 g/mol. The number of nitrogens with zero attached hydrogens (tertiary/aromatic N) is 1. The predicted octanol–water partition coefficient (Wildman–Crippen LogP) is 2.34. The second-order valence-corrected chi connectivity index (χ2v) is 5.08. The first-order valence-electron chi connectivity index (χ1n) is 6.25. The van der Waals surface area contributed by atoms with Crippen LogP contribution in [0.4, 0.5) is 15.8 Å². The Morgan fingerprint density at radius 3 is 2.55 bits per heavy atom. The Bertz CT molecular complexity index is 532. The van der Waals surface area contributed by atoms with Crippen LogP contribution < -0.4 is 11.1 Å². The number of halogens is 1. The van der Waals surface area contributed by atoms with E-state index in [1.54, 1.807) is 0 Å². The minimum atomic E-state index is -0.913. The standard InChI is InChI=1S/C13H18FN3O3/c1-7(2)8(3)6-16-13(18)9-4-11(15)10(14)5-12(9)17(19)20/h4-5,7-8H,6,15H2,1-3H3,(H,16,18). The molecule has 1 atom stereocenters. The number of carbonyl (C=O) groups excluding carboxylic acids is 1. The number of carbonyl (C=O) groups is 1. The van der Waals surface area contributed by atoms with Gasteiger partial charge in [0, 0.05) is 6.54 Å². The lowest BCUT2D eigenvalue weighted by Gasteiger charge is -2.16. The summed E-state index contributed by atoms with van der Waals surface area (Å²) >= 11 is 0. The van der Waals surface area contributed by atoms with Gasteiger partial charge in [0.25, 0.3) is 11.6 Å². The van der Waals surface area contributed by atoms with Crippen molar-refractivity contribution in [2.45, 2.75) is 20.8 Å². The molecule has 1 amide bonds. The summed E-state index contributed by atoms with van der Waals surface area (Å²) in [6.45, 7) is 6.35. The summed E-state index contributed by atoms with van der Waals surface area (Å²) in [5, 5.41) is 13.5. The highest BCUT2D eigenvalue weighted by Crippen LogP contribution is 2.24. The third kappa shape index (κ3) is 3.66. The van der Waals surface area contributed by atoms with E-state index in [-0.39, 0.29) is 17.2 Å². The van der Waals surface area contributed by atoms with Crippen LogP contribution in [-0.2, 0) is 0 Å². The Morgan fingerprint density at radius 1 is 1.45 bits per heavy atom. The summed E-state index contributed by atoms with van der Waals surface area (Å²) in [5.74, 6) is -0.959. The zero-order valence-corrected chi connectivity index (χ0v) is 11.6. The molecule has 0 aliphatic rings. The number of nitro groups is 1. The van der Waals surface area contributed by atoms with Crippen LogP contribution in [-0.4, -0.2) is 17.4 Å². The van der Waals surface area contributed by atoms with Gasteiger partial charge in [0.15, 0.2) is 5.82 Å². The maximum absolute atomic E-state index is 13.2. The highest BCUT2D eigenvalue weighted by molar-refractivity contribution is 5.99.